The van der Waals surface area contributed by atoms with E-state index in [4.69, 9.17) is 4.74 Å². The van der Waals surface area contributed by atoms with Gasteiger partial charge in [-0.05, 0) is 31.0 Å². The number of rotatable bonds is 4. The zero-order chi connectivity index (χ0) is 13.1. The quantitative estimate of drug-likeness (QED) is 0.888. The number of Topliss-reactive ketones (excluding diaryl/α,β-unsaturated/α-hetero) is 1. The van der Waals surface area contributed by atoms with Crippen molar-refractivity contribution in [3.05, 3.63) is 23.8 Å². The number of carbonyl (C=O) groups is 2. The minimum Gasteiger partial charge on any atom is -0.479 e. The number of ketones is 1. The van der Waals surface area contributed by atoms with Crippen LogP contribution in [0.25, 0.3) is 0 Å². The lowest BCUT2D eigenvalue weighted by molar-refractivity contribution is -0.122. The van der Waals surface area contributed by atoms with Crippen molar-refractivity contribution in [2.45, 2.75) is 39.2 Å². The largest absolute Gasteiger partial charge is 0.479 e. The summed E-state index contributed by atoms with van der Waals surface area (Å²) in [4.78, 5) is 22.8. The minimum atomic E-state index is -0.454. The fourth-order valence-corrected chi connectivity index (χ4v) is 1.87. The van der Waals surface area contributed by atoms with E-state index in [-0.39, 0.29) is 11.7 Å². The summed E-state index contributed by atoms with van der Waals surface area (Å²) in [5.74, 6) is 0.804. The van der Waals surface area contributed by atoms with Gasteiger partial charge >= 0.3 is 0 Å². The second-order valence-corrected chi connectivity index (χ2v) is 4.47. The van der Waals surface area contributed by atoms with Crippen LogP contribution in [-0.2, 0) is 16.0 Å². The second-order valence-electron chi connectivity index (χ2n) is 4.47. The number of amides is 1. The SMILES string of the molecule is CCC(=O)CCc1ccc2c(c1)NC(=O)C(C)O2. The summed E-state index contributed by atoms with van der Waals surface area (Å²) < 4.78 is 5.47. The highest BCUT2D eigenvalue weighted by molar-refractivity contribution is 5.97. The monoisotopic (exact) mass is 247 g/mol. The third-order valence-electron chi connectivity index (χ3n) is 3.06. The van der Waals surface area contributed by atoms with Gasteiger partial charge < -0.3 is 10.1 Å². The van der Waals surface area contributed by atoms with Gasteiger partial charge in [0.2, 0.25) is 0 Å². The minimum absolute atomic E-state index is 0.135. The number of ether oxygens (including phenoxy) is 1. The maximum absolute atomic E-state index is 11.5. The Kier molecular flexibility index (Phi) is 3.65. The molecular formula is C14H17NO3. The summed E-state index contributed by atoms with van der Waals surface area (Å²) in [6, 6.07) is 5.66. The van der Waals surface area contributed by atoms with E-state index in [9.17, 15) is 9.59 Å². The van der Waals surface area contributed by atoms with Crippen LogP contribution < -0.4 is 10.1 Å². The van der Waals surface area contributed by atoms with Crippen molar-refractivity contribution in [3.63, 3.8) is 0 Å². The summed E-state index contributed by atoms with van der Waals surface area (Å²) in [5, 5.41) is 2.80. The third kappa shape index (κ3) is 2.70. The molecule has 1 unspecified atom stereocenters. The lowest BCUT2D eigenvalue weighted by atomic mass is 10.0. The normalized spacial score (nSPS) is 17.7. The van der Waals surface area contributed by atoms with Gasteiger partial charge in [-0.3, -0.25) is 9.59 Å². The predicted molar refractivity (Wildman–Crippen MR) is 68.8 cm³/mol. The number of aryl methyl sites for hydroxylation is 1. The van der Waals surface area contributed by atoms with E-state index in [0.717, 1.165) is 5.56 Å². The van der Waals surface area contributed by atoms with Gasteiger partial charge in [0.1, 0.15) is 11.5 Å². The molecule has 4 nitrogen and oxygen atoms in total. The number of hydrogen-bond donors (Lipinski definition) is 1. The molecular weight excluding hydrogens is 230 g/mol. The van der Waals surface area contributed by atoms with Gasteiger partial charge in [0.25, 0.3) is 5.91 Å². The molecule has 0 saturated heterocycles. The van der Waals surface area contributed by atoms with Gasteiger partial charge in [-0.1, -0.05) is 13.0 Å². The average molecular weight is 247 g/mol. The Balaban J connectivity index is 2.10. The molecule has 0 spiro atoms. The molecule has 1 aromatic carbocycles. The lowest BCUT2D eigenvalue weighted by Gasteiger charge is -2.23. The first-order valence-electron chi connectivity index (χ1n) is 6.22. The maximum atomic E-state index is 11.5. The van der Waals surface area contributed by atoms with E-state index < -0.39 is 6.10 Å². The van der Waals surface area contributed by atoms with Crippen LogP contribution in [0.2, 0.25) is 0 Å². The number of carbonyl (C=O) groups excluding carboxylic acids is 2. The number of benzene rings is 1. The highest BCUT2D eigenvalue weighted by Gasteiger charge is 2.23. The molecule has 1 aromatic rings. The average Bonchev–Trinajstić information content (AvgIpc) is 2.37. The van der Waals surface area contributed by atoms with E-state index in [1.54, 1.807) is 6.92 Å². The van der Waals surface area contributed by atoms with Crippen molar-refractivity contribution in [2.24, 2.45) is 0 Å². The second kappa shape index (κ2) is 5.21. The molecule has 1 aliphatic rings. The zero-order valence-corrected chi connectivity index (χ0v) is 10.7. The van der Waals surface area contributed by atoms with E-state index in [0.29, 0.717) is 30.7 Å². The van der Waals surface area contributed by atoms with Gasteiger partial charge in [-0.2, -0.15) is 0 Å². The highest BCUT2D eigenvalue weighted by atomic mass is 16.5. The maximum Gasteiger partial charge on any atom is 0.265 e. The number of fused-ring (bicyclic) bond motifs is 1. The van der Waals surface area contributed by atoms with Gasteiger partial charge in [-0.15, -0.1) is 0 Å². The number of anilines is 1. The van der Waals surface area contributed by atoms with Crippen LogP contribution in [0.3, 0.4) is 0 Å². The van der Waals surface area contributed by atoms with Crippen molar-refractivity contribution in [1.29, 1.82) is 0 Å². The van der Waals surface area contributed by atoms with E-state index in [2.05, 4.69) is 5.32 Å². The van der Waals surface area contributed by atoms with Crippen LogP contribution in [0.1, 0.15) is 32.3 Å². The summed E-state index contributed by atoms with van der Waals surface area (Å²) in [5.41, 5.74) is 1.73. The van der Waals surface area contributed by atoms with E-state index >= 15 is 0 Å². The summed E-state index contributed by atoms with van der Waals surface area (Å²) in [7, 11) is 0. The number of nitrogens with one attached hydrogen (secondary N) is 1. The first kappa shape index (κ1) is 12.6. The molecule has 96 valence electrons. The zero-order valence-electron chi connectivity index (χ0n) is 10.7. The Labute approximate surface area is 106 Å². The van der Waals surface area contributed by atoms with Gasteiger partial charge in [-0.25, -0.2) is 0 Å². The van der Waals surface area contributed by atoms with Crippen LogP contribution in [0, 0.1) is 0 Å². The van der Waals surface area contributed by atoms with E-state index in [1.807, 2.05) is 25.1 Å². The lowest BCUT2D eigenvalue weighted by Crippen LogP contribution is -2.34. The molecule has 1 aliphatic heterocycles. The molecule has 0 bridgehead atoms. The fourth-order valence-electron chi connectivity index (χ4n) is 1.87. The summed E-state index contributed by atoms with van der Waals surface area (Å²) in [6.07, 6.45) is 1.36. The van der Waals surface area contributed by atoms with Crippen LogP contribution in [0.5, 0.6) is 5.75 Å². The molecule has 0 fully saturated rings. The molecule has 0 aromatic heterocycles. The first-order valence-corrected chi connectivity index (χ1v) is 6.22. The Morgan fingerprint density at radius 2 is 2.22 bits per heavy atom. The van der Waals surface area contributed by atoms with Crippen LogP contribution in [0.4, 0.5) is 5.69 Å². The molecule has 0 saturated carbocycles. The van der Waals surface area contributed by atoms with Crippen LogP contribution in [0.15, 0.2) is 18.2 Å². The topological polar surface area (TPSA) is 55.4 Å². The van der Waals surface area contributed by atoms with Crippen molar-refractivity contribution >= 4 is 17.4 Å². The van der Waals surface area contributed by atoms with Crippen molar-refractivity contribution in [1.82, 2.24) is 0 Å². The highest BCUT2D eigenvalue weighted by Crippen LogP contribution is 2.30. The van der Waals surface area contributed by atoms with Crippen LogP contribution >= 0.6 is 0 Å². The molecule has 0 aliphatic carbocycles. The Morgan fingerprint density at radius 3 is 2.94 bits per heavy atom. The summed E-state index contributed by atoms with van der Waals surface area (Å²) in [6.45, 7) is 3.58. The van der Waals surface area contributed by atoms with Crippen LogP contribution in [-0.4, -0.2) is 17.8 Å². The van der Waals surface area contributed by atoms with Crippen molar-refractivity contribution in [3.8, 4) is 5.75 Å². The molecule has 1 atom stereocenters. The fraction of sp³-hybridized carbons (Fsp3) is 0.429. The molecule has 1 heterocycles. The van der Waals surface area contributed by atoms with Gasteiger partial charge in [0.15, 0.2) is 6.10 Å². The van der Waals surface area contributed by atoms with Crippen molar-refractivity contribution < 1.29 is 14.3 Å². The molecule has 18 heavy (non-hydrogen) atoms. The van der Waals surface area contributed by atoms with E-state index in [1.165, 1.54) is 0 Å². The Morgan fingerprint density at radius 1 is 1.44 bits per heavy atom. The molecule has 2 rings (SSSR count). The first-order chi connectivity index (χ1) is 8.60. The van der Waals surface area contributed by atoms with Crippen molar-refractivity contribution in [2.75, 3.05) is 5.32 Å². The Bertz CT molecular complexity index is 482. The molecule has 0 radical (unpaired) electrons. The smallest absolute Gasteiger partial charge is 0.265 e. The van der Waals surface area contributed by atoms with Gasteiger partial charge in [0, 0.05) is 12.8 Å². The Hall–Kier alpha value is -1.84. The predicted octanol–water partition coefficient (Wildman–Crippen LogP) is 2.32. The third-order valence-corrected chi connectivity index (χ3v) is 3.06. The van der Waals surface area contributed by atoms with Gasteiger partial charge in [0.05, 0.1) is 5.69 Å². The summed E-state index contributed by atoms with van der Waals surface area (Å²) >= 11 is 0. The molecule has 1 amide bonds. The molecule has 4 heteroatoms. The molecule has 1 N–H and O–H groups in total. The standard InChI is InChI=1S/C14H17NO3/c1-3-11(16)6-4-10-5-7-13-12(8-10)15-14(17)9(2)18-13/h5,7-9H,3-4,6H2,1-2H3,(H,15,17). The number of hydrogen-bond acceptors (Lipinski definition) is 3.